The first-order valence-corrected chi connectivity index (χ1v) is 6.93. The van der Waals surface area contributed by atoms with E-state index in [1.54, 1.807) is 12.1 Å². The Hall–Kier alpha value is -1.00. The van der Waals surface area contributed by atoms with Gasteiger partial charge in [-0.2, -0.15) is 0 Å². The van der Waals surface area contributed by atoms with Crippen LogP contribution >= 0.6 is 34.8 Å². The van der Waals surface area contributed by atoms with Crippen LogP contribution in [0.15, 0.2) is 36.4 Å². The van der Waals surface area contributed by atoms with Gasteiger partial charge in [0.25, 0.3) is 0 Å². The number of aliphatic hydroxyl groups is 1. The normalized spacial score (nSPS) is 12.2. The van der Waals surface area contributed by atoms with E-state index >= 15 is 0 Å². The topological polar surface area (TPSA) is 32.3 Å². The van der Waals surface area contributed by atoms with Crippen LogP contribution in [0.3, 0.4) is 0 Å². The van der Waals surface area contributed by atoms with Crippen molar-refractivity contribution in [1.29, 1.82) is 0 Å². The van der Waals surface area contributed by atoms with Gasteiger partial charge in [0.1, 0.15) is 5.82 Å². The van der Waals surface area contributed by atoms with Gasteiger partial charge in [-0.1, -0.05) is 53.0 Å². The van der Waals surface area contributed by atoms with Crippen molar-refractivity contribution in [2.24, 2.45) is 0 Å². The molecule has 0 amide bonds. The first kappa shape index (κ1) is 15.4. The molecule has 0 saturated heterocycles. The molecule has 6 heteroatoms. The quantitative estimate of drug-likeness (QED) is 0.831. The van der Waals surface area contributed by atoms with Crippen LogP contribution in [0.2, 0.25) is 15.1 Å². The zero-order valence-corrected chi connectivity index (χ0v) is 12.5. The minimum atomic E-state index is -1.01. The molecule has 2 aromatic rings. The minimum absolute atomic E-state index is 0.0714. The first-order valence-electron chi connectivity index (χ1n) is 5.80. The molecule has 0 aliphatic carbocycles. The van der Waals surface area contributed by atoms with E-state index < -0.39 is 11.9 Å². The van der Waals surface area contributed by atoms with Crippen LogP contribution in [-0.2, 0) is 0 Å². The Balaban J connectivity index is 2.12. The fraction of sp³-hybridized carbons (Fsp3) is 0.143. The SMILES string of the molecule is OC(CNc1c(Cl)cc(Cl)cc1Cl)c1ccccc1F. The second-order valence-corrected chi connectivity index (χ2v) is 5.41. The Bertz CT molecular complexity index is 598. The lowest BCUT2D eigenvalue weighted by Crippen LogP contribution is -2.14. The number of benzene rings is 2. The van der Waals surface area contributed by atoms with E-state index in [9.17, 15) is 9.50 Å². The van der Waals surface area contributed by atoms with E-state index in [0.29, 0.717) is 20.8 Å². The second-order valence-electron chi connectivity index (χ2n) is 4.16. The predicted octanol–water partition coefficient (Wildman–Crippen LogP) is 4.93. The number of nitrogens with one attached hydrogen (secondary N) is 1. The number of hydrogen-bond donors (Lipinski definition) is 2. The number of rotatable bonds is 4. The molecular weight excluding hydrogens is 324 g/mol. The van der Waals surface area contributed by atoms with E-state index in [1.165, 1.54) is 24.3 Å². The summed E-state index contributed by atoms with van der Waals surface area (Å²) in [7, 11) is 0. The van der Waals surface area contributed by atoms with Crippen LogP contribution in [-0.4, -0.2) is 11.7 Å². The van der Waals surface area contributed by atoms with Gasteiger partial charge in [-0.25, -0.2) is 4.39 Å². The summed E-state index contributed by atoms with van der Waals surface area (Å²) in [5, 5.41) is 14.0. The summed E-state index contributed by atoms with van der Waals surface area (Å²) in [5.41, 5.74) is 0.661. The lowest BCUT2D eigenvalue weighted by Gasteiger charge is -2.16. The largest absolute Gasteiger partial charge is 0.386 e. The van der Waals surface area contributed by atoms with Gasteiger partial charge in [0, 0.05) is 17.1 Å². The molecule has 0 bridgehead atoms. The van der Waals surface area contributed by atoms with E-state index in [2.05, 4.69) is 5.32 Å². The highest BCUT2D eigenvalue weighted by atomic mass is 35.5. The van der Waals surface area contributed by atoms with Gasteiger partial charge in [-0.15, -0.1) is 0 Å². The summed E-state index contributed by atoms with van der Waals surface area (Å²) in [6.45, 7) is 0.0714. The van der Waals surface area contributed by atoms with Crippen molar-refractivity contribution in [3.8, 4) is 0 Å². The molecule has 106 valence electrons. The van der Waals surface area contributed by atoms with Crippen LogP contribution in [0.25, 0.3) is 0 Å². The number of hydrogen-bond acceptors (Lipinski definition) is 2. The molecule has 0 saturated carbocycles. The lowest BCUT2D eigenvalue weighted by atomic mass is 10.1. The zero-order chi connectivity index (χ0) is 14.7. The van der Waals surface area contributed by atoms with Crippen LogP contribution in [0.5, 0.6) is 0 Å². The maximum atomic E-state index is 13.5. The fourth-order valence-electron chi connectivity index (χ4n) is 1.77. The van der Waals surface area contributed by atoms with Gasteiger partial charge < -0.3 is 10.4 Å². The highest BCUT2D eigenvalue weighted by Crippen LogP contribution is 2.34. The Morgan fingerprint density at radius 2 is 1.70 bits per heavy atom. The molecule has 2 N–H and O–H groups in total. The Kier molecular flexibility index (Phi) is 5.11. The van der Waals surface area contributed by atoms with Crippen molar-refractivity contribution in [3.05, 3.63) is 62.8 Å². The maximum Gasteiger partial charge on any atom is 0.129 e. The third-order valence-electron chi connectivity index (χ3n) is 2.74. The molecular formula is C14H11Cl3FNO. The average molecular weight is 335 g/mol. The van der Waals surface area contributed by atoms with Gasteiger partial charge >= 0.3 is 0 Å². The molecule has 2 nitrogen and oxygen atoms in total. The van der Waals surface area contributed by atoms with Gasteiger partial charge in [0.15, 0.2) is 0 Å². The van der Waals surface area contributed by atoms with Crippen molar-refractivity contribution in [2.45, 2.75) is 6.10 Å². The van der Waals surface area contributed by atoms with Crippen LogP contribution < -0.4 is 5.32 Å². The monoisotopic (exact) mass is 333 g/mol. The standard InChI is InChI=1S/C14H11Cl3FNO/c15-8-5-10(16)14(11(17)6-8)19-7-13(20)9-3-1-2-4-12(9)18/h1-6,13,19-20H,7H2. The smallest absolute Gasteiger partial charge is 0.129 e. The Labute approximate surface area is 131 Å². The summed E-state index contributed by atoms with van der Waals surface area (Å²) >= 11 is 17.8. The van der Waals surface area contributed by atoms with Crippen LogP contribution in [0.1, 0.15) is 11.7 Å². The molecule has 1 atom stereocenters. The maximum absolute atomic E-state index is 13.5. The third-order valence-corrected chi connectivity index (χ3v) is 3.56. The van der Waals surface area contributed by atoms with Crippen molar-refractivity contribution in [3.63, 3.8) is 0 Å². The van der Waals surface area contributed by atoms with E-state index in [1.807, 2.05) is 0 Å². The third kappa shape index (κ3) is 3.55. The number of anilines is 1. The highest BCUT2D eigenvalue weighted by molar-refractivity contribution is 6.41. The summed E-state index contributed by atoms with van der Waals surface area (Å²) in [4.78, 5) is 0. The summed E-state index contributed by atoms with van der Waals surface area (Å²) in [6.07, 6.45) is -1.01. The molecule has 0 spiro atoms. The Morgan fingerprint density at radius 1 is 1.10 bits per heavy atom. The van der Waals surface area contributed by atoms with Gasteiger partial charge in [0.2, 0.25) is 0 Å². The fourth-order valence-corrected chi connectivity index (χ4v) is 2.72. The molecule has 0 radical (unpaired) electrons. The summed E-state index contributed by atoms with van der Waals surface area (Å²) in [5.74, 6) is -0.463. The van der Waals surface area contributed by atoms with E-state index in [0.717, 1.165) is 0 Å². The first-order chi connectivity index (χ1) is 9.49. The second kappa shape index (κ2) is 6.64. The molecule has 0 aromatic heterocycles. The molecule has 0 aliphatic rings. The highest BCUT2D eigenvalue weighted by Gasteiger charge is 2.14. The van der Waals surface area contributed by atoms with E-state index in [4.69, 9.17) is 34.8 Å². The molecule has 0 fully saturated rings. The van der Waals surface area contributed by atoms with Crippen LogP contribution in [0, 0.1) is 5.82 Å². The van der Waals surface area contributed by atoms with Gasteiger partial charge in [-0.3, -0.25) is 0 Å². The van der Waals surface area contributed by atoms with E-state index in [-0.39, 0.29) is 12.1 Å². The predicted molar refractivity (Wildman–Crippen MR) is 81.3 cm³/mol. The molecule has 1 unspecified atom stereocenters. The van der Waals surface area contributed by atoms with Crippen molar-refractivity contribution < 1.29 is 9.50 Å². The minimum Gasteiger partial charge on any atom is -0.386 e. The van der Waals surface area contributed by atoms with Gasteiger partial charge in [-0.05, 0) is 18.2 Å². The zero-order valence-electron chi connectivity index (χ0n) is 10.2. The number of halogens is 4. The Morgan fingerprint density at radius 3 is 2.30 bits per heavy atom. The molecule has 2 rings (SSSR count). The molecule has 20 heavy (non-hydrogen) atoms. The summed E-state index contributed by atoms with van der Waals surface area (Å²) < 4.78 is 13.5. The van der Waals surface area contributed by atoms with Gasteiger partial charge in [0.05, 0.1) is 21.8 Å². The van der Waals surface area contributed by atoms with Crippen LogP contribution in [0.4, 0.5) is 10.1 Å². The molecule has 0 heterocycles. The van der Waals surface area contributed by atoms with Crippen molar-refractivity contribution in [1.82, 2.24) is 0 Å². The average Bonchev–Trinajstić information content (AvgIpc) is 2.37. The lowest BCUT2D eigenvalue weighted by molar-refractivity contribution is 0.186. The summed E-state index contributed by atoms with van der Waals surface area (Å²) in [6, 6.07) is 9.10. The molecule has 0 aliphatic heterocycles. The van der Waals surface area contributed by atoms with Crippen molar-refractivity contribution in [2.75, 3.05) is 11.9 Å². The number of aliphatic hydroxyl groups excluding tert-OH is 1. The van der Waals surface area contributed by atoms with Crippen molar-refractivity contribution >= 4 is 40.5 Å². The molecule has 2 aromatic carbocycles.